The largest absolute Gasteiger partial charge is 0.383 e. The lowest BCUT2D eigenvalue weighted by Crippen LogP contribution is -2.41. The first-order valence-electron chi connectivity index (χ1n) is 7.36. The summed E-state index contributed by atoms with van der Waals surface area (Å²) in [5.41, 5.74) is 1.48. The minimum Gasteiger partial charge on any atom is -0.383 e. The number of rotatable bonds is 6. The Morgan fingerprint density at radius 1 is 1.35 bits per heavy atom. The van der Waals surface area contributed by atoms with E-state index in [4.69, 9.17) is 4.74 Å². The molecule has 2 heterocycles. The molecule has 1 saturated heterocycles. The van der Waals surface area contributed by atoms with Gasteiger partial charge in [-0.2, -0.15) is 0 Å². The first kappa shape index (κ1) is 15.2. The van der Waals surface area contributed by atoms with Crippen molar-refractivity contribution in [2.24, 2.45) is 5.41 Å². The molecule has 1 aromatic heterocycles. The van der Waals surface area contributed by atoms with Crippen molar-refractivity contribution in [2.75, 3.05) is 38.3 Å². The highest BCUT2D eigenvalue weighted by Gasteiger charge is 2.27. The van der Waals surface area contributed by atoms with Crippen LogP contribution in [0, 0.1) is 5.41 Å². The predicted octanol–water partition coefficient (Wildman–Crippen LogP) is 1.84. The summed E-state index contributed by atoms with van der Waals surface area (Å²) in [4.78, 5) is 11.3. The van der Waals surface area contributed by atoms with Gasteiger partial charge in [-0.1, -0.05) is 13.8 Å². The van der Waals surface area contributed by atoms with E-state index in [1.807, 2.05) is 12.4 Å². The number of methoxy groups -OCH3 is 1. The van der Waals surface area contributed by atoms with E-state index in [1.54, 1.807) is 7.11 Å². The van der Waals surface area contributed by atoms with Gasteiger partial charge >= 0.3 is 0 Å². The summed E-state index contributed by atoms with van der Waals surface area (Å²) in [6, 6.07) is 0. The van der Waals surface area contributed by atoms with E-state index >= 15 is 0 Å². The molecule has 5 nitrogen and oxygen atoms in total. The van der Waals surface area contributed by atoms with Crippen LogP contribution >= 0.6 is 0 Å². The van der Waals surface area contributed by atoms with Crippen molar-refractivity contribution >= 4 is 5.95 Å². The highest BCUT2D eigenvalue weighted by Crippen LogP contribution is 2.29. The van der Waals surface area contributed by atoms with E-state index < -0.39 is 0 Å². The van der Waals surface area contributed by atoms with Gasteiger partial charge in [-0.15, -0.1) is 0 Å². The fourth-order valence-electron chi connectivity index (χ4n) is 2.60. The van der Waals surface area contributed by atoms with Crippen molar-refractivity contribution in [1.82, 2.24) is 15.3 Å². The molecule has 0 atom stereocenters. The van der Waals surface area contributed by atoms with Gasteiger partial charge < -0.3 is 15.0 Å². The van der Waals surface area contributed by atoms with E-state index in [9.17, 15) is 0 Å². The van der Waals surface area contributed by atoms with Gasteiger partial charge in [-0.25, -0.2) is 9.97 Å². The van der Waals surface area contributed by atoms with Crippen LogP contribution in [0.5, 0.6) is 0 Å². The van der Waals surface area contributed by atoms with Crippen molar-refractivity contribution in [3.63, 3.8) is 0 Å². The number of ether oxygens (including phenoxy) is 1. The average molecular weight is 278 g/mol. The van der Waals surface area contributed by atoms with E-state index in [0.29, 0.717) is 5.41 Å². The highest BCUT2D eigenvalue weighted by molar-refractivity contribution is 5.31. The summed E-state index contributed by atoms with van der Waals surface area (Å²) in [5, 5.41) is 3.30. The maximum atomic E-state index is 5.00. The number of anilines is 1. The molecule has 0 spiro atoms. The Kier molecular flexibility index (Phi) is 5.31. The maximum Gasteiger partial charge on any atom is 0.225 e. The zero-order valence-corrected chi connectivity index (χ0v) is 12.9. The number of aromatic nitrogens is 2. The molecule has 1 fully saturated rings. The van der Waals surface area contributed by atoms with Crippen molar-refractivity contribution in [1.29, 1.82) is 0 Å². The smallest absolute Gasteiger partial charge is 0.225 e. The van der Waals surface area contributed by atoms with Crippen molar-refractivity contribution in [2.45, 2.75) is 33.2 Å². The van der Waals surface area contributed by atoms with Gasteiger partial charge in [-0.3, -0.25) is 0 Å². The minimum absolute atomic E-state index is 0.363. The molecular formula is C15H26N4O. The Bertz CT molecular complexity index is 405. The van der Waals surface area contributed by atoms with Crippen LogP contribution in [-0.4, -0.2) is 43.3 Å². The standard InChI is InChI=1S/C15H26N4O/c1-15(2)5-4-7-19(12-15)14-17-10-13(11-18-14)9-16-6-8-20-3/h10-11,16H,4-9,12H2,1-3H3. The van der Waals surface area contributed by atoms with Gasteiger partial charge in [0, 0.05) is 51.2 Å². The first-order chi connectivity index (χ1) is 9.61. The molecule has 112 valence electrons. The van der Waals surface area contributed by atoms with Crippen LogP contribution in [-0.2, 0) is 11.3 Å². The van der Waals surface area contributed by atoms with Crippen LogP contribution in [0.3, 0.4) is 0 Å². The van der Waals surface area contributed by atoms with Gasteiger partial charge in [0.2, 0.25) is 5.95 Å². The molecule has 1 N–H and O–H groups in total. The molecule has 0 radical (unpaired) electrons. The lowest BCUT2D eigenvalue weighted by molar-refractivity contribution is 0.199. The predicted molar refractivity (Wildman–Crippen MR) is 80.8 cm³/mol. The molecule has 5 heteroatoms. The summed E-state index contributed by atoms with van der Waals surface area (Å²) in [5.74, 6) is 0.860. The molecule has 0 saturated carbocycles. The van der Waals surface area contributed by atoms with Crippen LogP contribution in [0.1, 0.15) is 32.3 Å². The SMILES string of the molecule is COCCNCc1cnc(N2CCCC(C)(C)C2)nc1. The third-order valence-electron chi connectivity index (χ3n) is 3.69. The van der Waals surface area contributed by atoms with Crippen LogP contribution in [0.2, 0.25) is 0 Å². The van der Waals surface area contributed by atoms with Crippen LogP contribution in [0.15, 0.2) is 12.4 Å². The summed E-state index contributed by atoms with van der Waals surface area (Å²) in [7, 11) is 1.71. The molecule has 2 rings (SSSR count). The fourth-order valence-corrected chi connectivity index (χ4v) is 2.60. The summed E-state index contributed by atoms with van der Waals surface area (Å²) >= 11 is 0. The Morgan fingerprint density at radius 3 is 2.75 bits per heavy atom. The number of piperidine rings is 1. The monoisotopic (exact) mass is 278 g/mol. The molecule has 20 heavy (non-hydrogen) atoms. The van der Waals surface area contributed by atoms with Gasteiger partial charge in [0.15, 0.2) is 0 Å². The first-order valence-corrected chi connectivity index (χ1v) is 7.36. The van der Waals surface area contributed by atoms with Crippen LogP contribution in [0.25, 0.3) is 0 Å². The molecule has 0 amide bonds. The number of hydrogen-bond donors (Lipinski definition) is 1. The molecule has 1 aromatic rings. The second kappa shape index (κ2) is 6.99. The minimum atomic E-state index is 0.363. The third-order valence-corrected chi connectivity index (χ3v) is 3.69. The Balaban J connectivity index is 1.87. The Hall–Kier alpha value is -1.20. The topological polar surface area (TPSA) is 50.3 Å². The number of nitrogens with zero attached hydrogens (tertiary/aromatic N) is 3. The molecular weight excluding hydrogens is 252 g/mol. The normalized spacial score (nSPS) is 18.2. The van der Waals surface area contributed by atoms with Crippen LogP contribution < -0.4 is 10.2 Å². The average Bonchev–Trinajstić information content (AvgIpc) is 2.43. The summed E-state index contributed by atoms with van der Waals surface area (Å²) < 4.78 is 5.00. The highest BCUT2D eigenvalue weighted by atomic mass is 16.5. The summed E-state index contributed by atoms with van der Waals surface area (Å²) in [6.45, 7) is 9.09. The zero-order valence-electron chi connectivity index (χ0n) is 12.9. The van der Waals surface area contributed by atoms with Crippen LogP contribution in [0.4, 0.5) is 5.95 Å². The van der Waals surface area contributed by atoms with Crippen molar-refractivity contribution in [3.8, 4) is 0 Å². The van der Waals surface area contributed by atoms with Gasteiger partial charge in [0.25, 0.3) is 0 Å². The number of nitrogens with one attached hydrogen (secondary N) is 1. The molecule has 1 aliphatic rings. The summed E-state index contributed by atoms with van der Waals surface area (Å²) in [6.07, 6.45) is 6.34. The molecule has 0 bridgehead atoms. The Morgan fingerprint density at radius 2 is 2.10 bits per heavy atom. The molecule has 0 unspecified atom stereocenters. The molecule has 0 aliphatic carbocycles. The quantitative estimate of drug-likeness (QED) is 0.805. The van der Waals surface area contributed by atoms with Gasteiger partial charge in [-0.05, 0) is 18.3 Å². The van der Waals surface area contributed by atoms with Crippen molar-refractivity contribution < 1.29 is 4.74 Å². The van der Waals surface area contributed by atoms with E-state index in [-0.39, 0.29) is 0 Å². The van der Waals surface area contributed by atoms with Gasteiger partial charge in [0.05, 0.1) is 6.61 Å². The van der Waals surface area contributed by atoms with Gasteiger partial charge in [0.1, 0.15) is 0 Å². The third kappa shape index (κ3) is 4.42. The maximum absolute atomic E-state index is 5.00. The fraction of sp³-hybridized carbons (Fsp3) is 0.733. The molecule has 0 aromatic carbocycles. The zero-order chi connectivity index (χ0) is 14.4. The van der Waals surface area contributed by atoms with E-state index in [1.165, 1.54) is 12.8 Å². The van der Waals surface area contributed by atoms with Crippen molar-refractivity contribution in [3.05, 3.63) is 18.0 Å². The lowest BCUT2D eigenvalue weighted by Gasteiger charge is -2.38. The lowest BCUT2D eigenvalue weighted by atomic mass is 9.84. The second-order valence-electron chi connectivity index (χ2n) is 6.25. The van der Waals surface area contributed by atoms with E-state index in [0.717, 1.165) is 44.3 Å². The number of hydrogen-bond acceptors (Lipinski definition) is 5. The molecule has 1 aliphatic heterocycles. The Labute approximate surface area is 121 Å². The second-order valence-corrected chi connectivity index (χ2v) is 6.25. The van der Waals surface area contributed by atoms with E-state index in [2.05, 4.69) is 34.0 Å².